The number of aromatic nitrogens is 4. The molecule has 1 aliphatic rings. The van der Waals surface area contributed by atoms with Gasteiger partial charge in [-0.3, -0.25) is 4.79 Å². The van der Waals surface area contributed by atoms with E-state index < -0.39 is 0 Å². The van der Waals surface area contributed by atoms with E-state index in [9.17, 15) is 4.79 Å². The van der Waals surface area contributed by atoms with Crippen molar-refractivity contribution in [3.63, 3.8) is 0 Å². The molecule has 4 heterocycles. The number of nitrogens with zero attached hydrogens (tertiary/aromatic N) is 5. The molecule has 1 aliphatic heterocycles. The highest BCUT2D eigenvalue weighted by Gasteiger charge is 2.33. The molecule has 1 aromatic carbocycles. The van der Waals surface area contributed by atoms with Crippen LogP contribution in [0.25, 0.3) is 11.6 Å². The first-order valence-electron chi connectivity index (χ1n) is 12.3. The molecule has 5 rings (SSSR count). The fraction of sp³-hybridized carbons (Fsp3) is 0.370. The van der Waals surface area contributed by atoms with Crippen LogP contribution >= 0.6 is 11.3 Å². The average molecular weight is 504 g/mol. The Labute approximate surface area is 214 Å². The van der Waals surface area contributed by atoms with Gasteiger partial charge in [-0.1, -0.05) is 37.3 Å². The van der Waals surface area contributed by atoms with Gasteiger partial charge in [0.2, 0.25) is 11.8 Å². The maximum atomic E-state index is 13.6. The van der Waals surface area contributed by atoms with Gasteiger partial charge in [-0.15, -0.1) is 21.5 Å². The molecule has 1 saturated heterocycles. The normalized spacial score (nSPS) is 16.3. The van der Waals surface area contributed by atoms with Crippen molar-refractivity contribution < 1.29 is 13.9 Å². The lowest BCUT2D eigenvalue weighted by atomic mass is 10.0. The lowest BCUT2D eigenvalue weighted by Gasteiger charge is -2.23. The number of amides is 1. The number of benzene rings is 1. The maximum Gasteiger partial charge on any atom is 0.266 e. The zero-order chi connectivity index (χ0) is 25.1. The highest BCUT2D eigenvalue weighted by Crippen LogP contribution is 2.35. The fourth-order valence-electron chi connectivity index (χ4n) is 4.51. The van der Waals surface area contributed by atoms with E-state index in [1.807, 2.05) is 42.3 Å². The highest BCUT2D eigenvalue weighted by atomic mass is 32.1. The van der Waals surface area contributed by atoms with Crippen molar-refractivity contribution in [1.82, 2.24) is 25.1 Å². The number of pyridine rings is 1. The molecule has 36 heavy (non-hydrogen) atoms. The SMILES string of the molecule is CCOc1cc(C(=O)N2CCC[C@@H]2c2nc(C)cs2)cc(-c2nnc([C@@H](C)Cc3ccccc3)o2)n1. The van der Waals surface area contributed by atoms with Crippen molar-refractivity contribution in [3.05, 3.63) is 75.6 Å². The highest BCUT2D eigenvalue weighted by molar-refractivity contribution is 7.09. The molecule has 0 N–H and O–H groups in total. The molecule has 0 bridgehead atoms. The van der Waals surface area contributed by atoms with Gasteiger partial charge in [0.05, 0.1) is 12.6 Å². The summed E-state index contributed by atoms with van der Waals surface area (Å²) in [5.41, 5.74) is 3.09. The number of rotatable bonds is 8. The first-order valence-corrected chi connectivity index (χ1v) is 13.2. The van der Waals surface area contributed by atoms with Crippen LogP contribution in [0.3, 0.4) is 0 Å². The van der Waals surface area contributed by atoms with Crippen LogP contribution in [0.15, 0.2) is 52.3 Å². The Morgan fingerprint density at radius 3 is 2.81 bits per heavy atom. The molecule has 3 aromatic heterocycles. The van der Waals surface area contributed by atoms with Gasteiger partial charge in [-0.25, -0.2) is 9.97 Å². The number of carbonyl (C=O) groups is 1. The van der Waals surface area contributed by atoms with Crippen LogP contribution in [0.2, 0.25) is 0 Å². The molecule has 8 nitrogen and oxygen atoms in total. The summed E-state index contributed by atoms with van der Waals surface area (Å²) in [5, 5.41) is 11.5. The minimum atomic E-state index is -0.0767. The van der Waals surface area contributed by atoms with Gasteiger partial charge >= 0.3 is 0 Å². The topological polar surface area (TPSA) is 94.2 Å². The Morgan fingerprint density at radius 2 is 2.06 bits per heavy atom. The van der Waals surface area contributed by atoms with Crippen LogP contribution in [0.5, 0.6) is 5.88 Å². The van der Waals surface area contributed by atoms with E-state index in [2.05, 4.69) is 39.2 Å². The number of thiazole rings is 1. The molecule has 9 heteroatoms. The van der Waals surface area contributed by atoms with Gasteiger partial charge in [-0.2, -0.15) is 0 Å². The van der Waals surface area contributed by atoms with Crippen molar-refractivity contribution in [3.8, 4) is 17.5 Å². The molecule has 0 unspecified atom stereocenters. The van der Waals surface area contributed by atoms with Gasteiger partial charge in [0.1, 0.15) is 10.7 Å². The van der Waals surface area contributed by atoms with E-state index in [0.29, 0.717) is 36.2 Å². The van der Waals surface area contributed by atoms with Gasteiger partial charge in [0.25, 0.3) is 11.8 Å². The number of hydrogen-bond acceptors (Lipinski definition) is 8. The van der Waals surface area contributed by atoms with E-state index in [4.69, 9.17) is 9.15 Å². The fourth-order valence-corrected chi connectivity index (χ4v) is 5.45. The Balaban J connectivity index is 1.41. The summed E-state index contributed by atoms with van der Waals surface area (Å²) >= 11 is 1.61. The van der Waals surface area contributed by atoms with Crippen LogP contribution in [0.4, 0.5) is 0 Å². The molecule has 0 aliphatic carbocycles. The number of likely N-dealkylation sites (tertiary alicyclic amines) is 1. The molecule has 1 amide bonds. The van der Waals surface area contributed by atoms with E-state index in [0.717, 1.165) is 30.0 Å². The third-order valence-corrected chi connectivity index (χ3v) is 7.31. The number of carbonyl (C=O) groups excluding carboxylic acids is 1. The van der Waals surface area contributed by atoms with E-state index in [-0.39, 0.29) is 23.8 Å². The second kappa shape index (κ2) is 10.6. The largest absolute Gasteiger partial charge is 0.478 e. The second-order valence-electron chi connectivity index (χ2n) is 9.03. The monoisotopic (exact) mass is 503 g/mol. The number of aryl methyl sites for hydroxylation is 1. The van der Waals surface area contributed by atoms with Crippen molar-refractivity contribution >= 4 is 17.2 Å². The predicted molar refractivity (Wildman–Crippen MR) is 137 cm³/mol. The molecule has 4 aromatic rings. The standard InChI is InChI=1S/C27H29N5O3S/c1-4-34-23-15-20(27(33)32-12-8-11-22(32)26-28-18(3)16-36-26)14-21(29-23)25-31-30-24(35-25)17(2)13-19-9-6-5-7-10-19/h5-7,9-10,14-17,22H,4,8,11-13H2,1-3H3/t17-,22+/m0/s1. The third kappa shape index (κ3) is 5.16. The van der Waals surface area contributed by atoms with Crippen LogP contribution in [-0.2, 0) is 6.42 Å². The summed E-state index contributed by atoms with van der Waals surface area (Å²) < 4.78 is 11.7. The molecular formula is C27H29N5O3S. The van der Waals surface area contributed by atoms with Crippen molar-refractivity contribution in [2.24, 2.45) is 0 Å². The molecular weight excluding hydrogens is 474 g/mol. The molecule has 2 atom stereocenters. The Hall–Kier alpha value is -3.59. The zero-order valence-corrected chi connectivity index (χ0v) is 21.5. The van der Waals surface area contributed by atoms with Crippen molar-refractivity contribution in [2.45, 2.75) is 52.0 Å². The van der Waals surface area contributed by atoms with Crippen molar-refractivity contribution in [1.29, 1.82) is 0 Å². The summed E-state index contributed by atoms with van der Waals surface area (Å²) in [6.07, 6.45) is 2.63. The van der Waals surface area contributed by atoms with Crippen molar-refractivity contribution in [2.75, 3.05) is 13.2 Å². The Kier molecular flexibility index (Phi) is 7.09. The first-order chi connectivity index (χ1) is 17.5. The van der Waals surface area contributed by atoms with Crippen LogP contribution in [0, 0.1) is 6.92 Å². The van der Waals surface area contributed by atoms with Crippen LogP contribution in [-0.4, -0.2) is 44.1 Å². The lowest BCUT2D eigenvalue weighted by molar-refractivity contribution is 0.0734. The van der Waals surface area contributed by atoms with Gasteiger partial charge in [0, 0.05) is 35.2 Å². The molecule has 186 valence electrons. The summed E-state index contributed by atoms with van der Waals surface area (Å²) in [6, 6.07) is 13.6. The first kappa shape index (κ1) is 24.1. The predicted octanol–water partition coefficient (Wildman–Crippen LogP) is 5.62. The minimum absolute atomic E-state index is 0.0165. The summed E-state index contributed by atoms with van der Waals surface area (Å²) in [4.78, 5) is 24.7. The molecule has 1 fully saturated rings. The Bertz CT molecular complexity index is 1340. The van der Waals surface area contributed by atoms with E-state index in [1.165, 1.54) is 5.56 Å². The van der Waals surface area contributed by atoms with Crippen LogP contribution < -0.4 is 4.74 Å². The summed E-state index contributed by atoms with van der Waals surface area (Å²) in [5.74, 6) is 1.12. The van der Waals surface area contributed by atoms with Gasteiger partial charge < -0.3 is 14.1 Å². The second-order valence-corrected chi connectivity index (χ2v) is 9.92. The lowest BCUT2D eigenvalue weighted by Crippen LogP contribution is -2.30. The Morgan fingerprint density at radius 1 is 1.22 bits per heavy atom. The summed E-state index contributed by atoms with van der Waals surface area (Å²) in [6.45, 7) is 7.03. The summed E-state index contributed by atoms with van der Waals surface area (Å²) in [7, 11) is 0. The zero-order valence-electron chi connectivity index (χ0n) is 20.7. The van der Waals surface area contributed by atoms with E-state index >= 15 is 0 Å². The molecule has 0 radical (unpaired) electrons. The quantitative estimate of drug-likeness (QED) is 0.308. The maximum absolute atomic E-state index is 13.6. The van der Waals surface area contributed by atoms with Gasteiger partial charge in [-0.05, 0) is 44.7 Å². The number of ether oxygens (including phenoxy) is 1. The number of hydrogen-bond donors (Lipinski definition) is 0. The third-order valence-electron chi connectivity index (χ3n) is 6.24. The minimum Gasteiger partial charge on any atom is -0.478 e. The van der Waals surface area contributed by atoms with E-state index in [1.54, 1.807) is 23.5 Å². The van der Waals surface area contributed by atoms with Gasteiger partial charge in [0.15, 0.2) is 0 Å². The average Bonchev–Trinajstić information content (AvgIpc) is 3.65. The van der Waals surface area contributed by atoms with Crippen LogP contribution in [0.1, 0.15) is 71.2 Å². The molecule has 0 saturated carbocycles. The molecule has 0 spiro atoms. The smallest absolute Gasteiger partial charge is 0.266 e.